The first kappa shape index (κ1) is 12.4. The second-order valence-corrected chi connectivity index (χ2v) is 4.11. The topological polar surface area (TPSA) is 47.0 Å². The lowest BCUT2D eigenvalue weighted by Crippen LogP contribution is -2.28. The van der Waals surface area contributed by atoms with Gasteiger partial charge in [0.1, 0.15) is 5.60 Å². The first-order valence-corrected chi connectivity index (χ1v) is 6.13. The number of nitrogens with zero attached hydrogens (tertiary/aromatic N) is 2. The van der Waals surface area contributed by atoms with Crippen molar-refractivity contribution in [2.24, 2.45) is 0 Å². The highest BCUT2D eigenvalue weighted by molar-refractivity contribution is 7.09. The van der Waals surface area contributed by atoms with Gasteiger partial charge in [0.2, 0.25) is 5.13 Å². The Morgan fingerprint density at radius 1 is 1.33 bits per heavy atom. The molecule has 0 fully saturated rings. The predicted molar refractivity (Wildman–Crippen MR) is 63.3 cm³/mol. The van der Waals surface area contributed by atoms with E-state index in [9.17, 15) is 0 Å². The SMILES string of the molecule is CCNc1nc(C(CC)(CC)OC)ns1. The molecule has 4 nitrogen and oxygen atoms in total. The summed E-state index contributed by atoms with van der Waals surface area (Å²) in [6, 6.07) is 0. The number of aromatic nitrogens is 2. The van der Waals surface area contributed by atoms with Gasteiger partial charge in [-0.05, 0) is 19.8 Å². The zero-order chi connectivity index (χ0) is 11.3. The molecule has 15 heavy (non-hydrogen) atoms. The fraction of sp³-hybridized carbons (Fsp3) is 0.800. The predicted octanol–water partition coefficient (Wildman–Crippen LogP) is 2.63. The monoisotopic (exact) mass is 229 g/mol. The molecule has 1 N–H and O–H groups in total. The minimum absolute atomic E-state index is 0.315. The van der Waals surface area contributed by atoms with Gasteiger partial charge in [-0.25, -0.2) is 4.98 Å². The highest BCUT2D eigenvalue weighted by Gasteiger charge is 2.32. The standard InChI is InChI=1S/C10H19N3OS/c1-5-10(6-2,14-4)8-12-9(11-7-3)15-13-8/h5-7H2,1-4H3,(H,11,12,13). The fourth-order valence-electron chi connectivity index (χ4n) is 1.58. The third-order valence-electron chi connectivity index (χ3n) is 2.69. The molecule has 0 aliphatic carbocycles. The Morgan fingerprint density at radius 3 is 2.47 bits per heavy atom. The third kappa shape index (κ3) is 2.46. The van der Waals surface area contributed by atoms with E-state index < -0.39 is 0 Å². The van der Waals surface area contributed by atoms with Crippen LogP contribution in [0.4, 0.5) is 5.13 Å². The molecule has 0 saturated carbocycles. The molecule has 1 rings (SSSR count). The Bertz CT molecular complexity index is 288. The summed E-state index contributed by atoms with van der Waals surface area (Å²) in [6.07, 6.45) is 1.78. The summed E-state index contributed by atoms with van der Waals surface area (Å²) in [5.41, 5.74) is -0.315. The summed E-state index contributed by atoms with van der Waals surface area (Å²) >= 11 is 1.39. The van der Waals surface area contributed by atoms with Gasteiger partial charge in [-0.2, -0.15) is 4.37 Å². The molecular weight excluding hydrogens is 210 g/mol. The summed E-state index contributed by atoms with van der Waals surface area (Å²) in [5, 5.41) is 4.03. The summed E-state index contributed by atoms with van der Waals surface area (Å²) in [7, 11) is 1.72. The molecule has 0 bridgehead atoms. The van der Waals surface area contributed by atoms with E-state index in [0.29, 0.717) is 0 Å². The van der Waals surface area contributed by atoms with Crippen molar-refractivity contribution in [3.8, 4) is 0 Å². The molecule has 86 valence electrons. The van der Waals surface area contributed by atoms with Gasteiger partial charge in [0.05, 0.1) is 0 Å². The maximum Gasteiger partial charge on any atom is 0.202 e. The van der Waals surface area contributed by atoms with Gasteiger partial charge in [0, 0.05) is 25.2 Å². The Morgan fingerprint density at radius 2 is 2.00 bits per heavy atom. The quantitative estimate of drug-likeness (QED) is 0.814. The second kappa shape index (κ2) is 5.42. The van der Waals surface area contributed by atoms with E-state index in [-0.39, 0.29) is 5.60 Å². The van der Waals surface area contributed by atoms with Crippen LogP contribution >= 0.6 is 11.5 Å². The number of hydrogen-bond donors (Lipinski definition) is 1. The maximum atomic E-state index is 5.57. The van der Waals surface area contributed by atoms with Crippen LogP contribution in [0.15, 0.2) is 0 Å². The highest BCUT2D eigenvalue weighted by atomic mass is 32.1. The van der Waals surface area contributed by atoms with Crippen molar-refractivity contribution in [1.82, 2.24) is 9.36 Å². The van der Waals surface area contributed by atoms with Crippen LogP contribution in [-0.2, 0) is 10.3 Å². The van der Waals surface area contributed by atoms with Crippen LogP contribution in [0.25, 0.3) is 0 Å². The number of hydrogen-bond acceptors (Lipinski definition) is 5. The van der Waals surface area contributed by atoms with Crippen molar-refractivity contribution in [3.05, 3.63) is 5.82 Å². The summed E-state index contributed by atoms with van der Waals surface area (Å²) < 4.78 is 9.93. The first-order valence-electron chi connectivity index (χ1n) is 5.35. The second-order valence-electron chi connectivity index (χ2n) is 3.36. The van der Waals surface area contributed by atoms with E-state index in [1.165, 1.54) is 11.5 Å². The van der Waals surface area contributed by atoms with Crippen LogP contribution in [0.3, 0.4) is 0 Å². The van der Waals surface area contributed by atoms with Gasteiger partial charge < -0.3 is 10.1 Å². The highest BCUT2D eigenvalue weighted by Crippen LogP contribution is 2.31. The van der Waals surface area contributed by atoms with Crippen LogP contribution in [0.5, 0.6) is 0 Å². The van der Waals surface area contributed by atoms with Crippen molar-refractivity contribution >= 4 is 16.7 Å². The van der Waals surface area contributed by atoms with Gasteiger partial charge in [0.25, 0.3) is 0 Å². The largest absolute Gasteiger partial charge is 0.370 e. The lowest BCUT2D eigenvalue weighted by molar-refractivity contribution is -0.0281. The number of rotatable bonds is 6. The smallest absolute Gasteiger partial charge is 0.202 e. The Kier molecular flexibility index (Phi) is 4.47. The molecule has 1 aromatic heterocycles. The molecule has 0 aliphatic rings. The molecule has 5 heteroatoms. The summed E-state index contributed by atoms with van der Waals surface area (Å²) in [5.74, 6) is 0.802. The van der Waals surface area contributed by atoms with Crippen molar-refractivity contribution in [1.29, 1.82) is 0 Å². The normalized spacial score (nSPS) is 11.7. The molecule has 0 amide bonds. The first-order chi connectivity index (χ1) is 7.22. The number of methoxy groups -OCH3 is 1. The Hall–Kier alpha value is -0.680. The molecule has 1 heterocycles. The summed E-state index contributed by atoms with van der Waals surface area (Å²) in [6.45, 7) is 7.11. The molecule has 0 aromatic carbocycles. The molecular formula is C10H19N3OS. The van der Waals surface area contributed by atoms with Gasteiger partial charge in [-0.15, -0.1) is 0 Å². The van der Waals surface area contributed by atoms with Crippen molar-refractivity contribution in [2.75, 3.05) is 19.0 Å². The number of ether oxygens (including phenoxy) is 1. The number of anilines is 1. The molecule has 0 unspecified atom stereocenters. The van der Waals surface area contributed by atoms with E-state index >= 15 is 0 Å². The van der Waals surface area contributed by atoms with Crippen molar-refractivity contribution in [2.45, 2.75) is 39.2 Å². The minimum atomic E-state index is -0.315. The lowest BCUT2D eigenvalue weighted by Gasteiger charge is -2.26. The molecule has 0 atom stereocenters. The van der Waals surface area contributed by atoms with Crippen molar-refractivity contribution < 1.29 is 4.74 Å². The van der Waals surface area contributed by atoms with E-state index in [1.54, 1.807) is 7.11 Å². The van der Waals surface area contributed by atoms with E-state index in [4.69, 9.17) is 4.74 Å². The van der Waals surface area contributed by atoms with Crippen LogP contribution in [0.1, 0.15) is 39.4 Å². The van der Waals surface area contributed by atoms with Gasteiger partial charge >= 0.3 is 0 Å². The van der Waals surface area contributed by atoms with Crippen molar-refractivity contribution in [3.63, 3.8) is 0 Å². The fourth-order valence-corrected chi connectivity index (χ4v) is 2.29. The van der Waals surface area contributed by atoms with E-state index in [1.807, 2.05) is 6.92 Å². The van der Waals surface area contributed by atoms with Crippen LogP contribution in [0, 0.1) is 0 Å². The van der Waals surface area contributed by atoms with Crippen LogP contribution in [0.2, 0.25) is 0 Å². The van der Waals surface area contributed by atoms with Gasteiger partial charge in [-0.1, -0.05) is 13.8 Å². The van der Waals surface area contributed by atoms with Crippen LogP contribution in [-0.4, -0.2) is 23.0 Å². The minimum Gasteiger partial charge on any atom is -0.370 e. The molecule has 0 aliphatic heterocycles. The summed E-state index contributed by atoms with van der Waals surface area (Å²) in [4.78, 5) is 4.46. The van der Waals surface area contributed by atoms with Crippen LogP contribution < -0.4 is 5.32 Å². The average Bonchev–Trinajstić information content (AvgIpc) is 2.71. The van der Waals surface area contributed by atoms with Gasteiger partial charge in [-0.3, -0.25) is 0 Å². The maximum absolute atomic E-state index is 5.57. The van der Waals surface area contributed by atoms with Gasteiger partial charge in [0.15, 0.2) is 5.82 Å². The Labute approximate surface area is 95.2 Å². The van der Waals surface area contributed by atoms with E-state index in [2.05, 4.69) is 28.5 Å². The Balaban J connectivity index is 2.91. The molecule has 0 spiro atoms. The zero-order valence-corrected chi connectivity index (χ0v) is 10.6. The molecule has 0 saturated heterocycles. The molecule has 1 aromatic rings. The third-order valence-corrected chi connectivity index (χ3v) is 3.37. The zero-order valence-electron chi connectivity index (χ0n) is 9.83. The van der Waals surface area contributed by atoms with E-state index in [0.717, 1.165) is 30.3 Å². The average molecular weight is 229 g/mol. The molecule has 0 radical (unpaired) electrons. The number of nitrogens with one attached hydrogen (secondary N) is 1. The lowest BCUT2D eigenvalue weighted by atomic mass is 9.96.